The Bertz CT molecular complexity index is 1240. The number of unbranched alkanes of at least 4 members (excludes halogenated alkanes) is 3. The third-order valence-corrected chi connectivity index (χ3v) is 6.46. The van der Waals surface area contributed by atoms with E-state index < -0.39 is 10.2 Å². The van der Waals surface area contributed by atoms with Gasteiger partial charge in [0, 0.05) is 18.7 Å². The number of hydrogen-bond acceptors (Lipinski definition) is 7. The van der Waals surface area contributed by atoms with Gasteiger partial charge in [0.1, 0.15) is 5.75 Å². The first-order valence-electron chi connectivity index (χ1n) is 11.1. The van der Waals surface area contributed by atoms with Gasteiger partial charge in [0.05, 0.1) is 33.9 Å². The maximum absolute atomic E-state index is 13.2. The number of benzene rings is 2. The zero-order valence-electron chi connectivity index (χ0n) is 19.4. The van der Waals surface area contributed by atoms with E-state index in [4.69, 9.17) is 4.74 Å². The van der Waals surface area contributed by atoms with Crippen LogP contribution in [0, 0.1) is 10.1 Å². The Balaban J connectivity index is 1.86. The average molecular weight is 485 g/mol. The van der Waals surface area contributed by atoms with Crippen LogP contribution in [0.1, 0.15) is 39.5 Å². The van der Waals surface area contributed by atoms with Crippen molar-refractivity contribution in [3.8, 4) is 5.75 Å². The number of nitrogens with one attached hydrogen (secondary N) is 1. The predicted octanol–water partition coefficient (Wildman–Crippen LogP) is 5.01. The molecule has 1 atom stereocenters. The number of aromatic nitrogens is 2. The molecule has 2 aromatic carbocycles. The minimum Gasteiger partial charge on any atom is -0.495 e. The lowest BCUT2D eigenvalue weighted by atomic mass is 10.2. The van der Waals surface area contributed by atoms with Gasteiger partial charge in [-0.25, -0.2) is 4.98 Å². The van der Waals surface area contributed by atoms with Gasteiger partial charge in [-0.2, -0.15) is 0 Å². The van der Waals surface area contributed by atoms with Gasteiger partial charge < -0.3 is 10.1 Å². The van der Waals surface area contributed by atoms with Crippen molar-refractivity contribution in [2.45, 2.75) is 56.5 Å². The maximum atomic E-state index is 13.2. The summed E-state index contributed by atoms with van der Waals surface area (Å²) in [6, 6.07) is 11.2. The lowest BCUT2D eigenvalue weighted by Crippen LogP contribution is -2.27. The number of carbonyl (C=O) groups excluding carboxylic acids is 1. The summed E-state index contributed by atoms with van der Waals surface area (Å²) in [6.07, 6.45) is 4.02. The number of anilines is 1. The number of non-ortho nitro benzene ring substituents is 1. The summed E-state index contributed by atoms with van der Waals surface area (Å²) in [5.41, 5.74) is 0.497. The number of fused-ring (bicyclic) bond motifs is 1. The predicted molar refractivity (Wildman–Crippen MR) is 134 cm³/mol. The lowest BCUT2D eigenvalue weighted by Gasteiger charge is -2.17. The van der Waals surface area contributed by atoms with E-state index in [1.54, 1.807) is 23.6 Å². The molecule has 34 heavy (non-hydrogen) atoms. The quantitative estimate of drug-likeness (QED) is 0.134. The van der Waals surface area contributed by atoms with Crippen LogP contribution in [0.25, 0.3) is 10.9 Å². The Morgan fingerprint density at radius 2 is 2.00 bits per heavy atom. The molecule has 1 heterocycles. The molecule has 10 heteroatoms. The summed E-state index contributed by atoms with van der Waals surface area (Å²) in [5, 5.41) is 14.2. The Morgan fingerprint density at radius 3 is 2.71 bits per heavy atom. The molecule has 0 bridgehead atoms. The molecule has 0 saturated carbocycles. The van der Waals surface area contributed by atoms with E-state index >= 15 is 0 Å². The van der Waals surface area contributed by atoms with Gasteiger partial charge in [-0.1, -0.05) is 50.1 Å². The van der Waals surface area contributed by atoms with Crippen LogP contribution in [0.4, 0.5) is 11.4 Å². The Morgan fingerprint density at radius 1 is 1.24 bits per heavy atom. The minimum absolute atomic E-state index is 0.127. The molecule has 1 amide bonds. The van der Waals surface area contributed by atoms with Gasteiger partial charge in [-0.3, -0.25) is 24.3 Å². The van der Waals surface area contributed by atoms with Crippen LogP contribution in [0.5, 0.6) is 5.75 Å². The van der Waals surface area contributed by atoms with Gasteiger partial charge in [0.25, 0.3) is 11.2 Å². The van der Waals surface area contributed by atoms with Crippen LogP contribution < -0.4 is 15.6 Å². The normalized spacial score (nSPS) is 11.9. The maximum Gasteiger partial charge on any atom is 0.271 e. The Labute approximate surface area is 201 Å². The second kappa shape index (κ2) is 11.6. The van der Waals surface area contributed by atoms with Crippen LogP contribution in [0.3, 0.4) is 0 Å². The number of methoxy groups -OCH3 is 1. The topological polar surface area (TPSA) is 116 Å². The lowest BCUT2D eigenvalue weighted by molar-refractivity contribution is -0.384. The van der Waals surface area contributed by atoms with E-state index in [2.05, 4.69) is 17.2 Å². The summed E-state index contributed by atoms with van der Waals surface area (Å²) in [5.74, 6) is -0.0726. The Hall–Kier alpha value is -3.40. The van der Waals surface area contributed by atoms with Crippen LogP contribution in [0.2, 0.25) is 0 Å². The summed E-state index contributed by atoms with van der Waals surface area (Å²) in [6.45, 7) is 4.35. The fourth-order valence-corrected chi connectivity index (χ4v) is 4.42. The molecule has 0 spiro atoms. The standard InChI is InChI=1S/C24H28N4O5S/c1-4-5-6-9-14-27-23(30)18-10-7-8-11-19(18)26-24(27)34-16(2)22(29)25-20-15-17(28(31)32)12-13-21(20)33-3/h7-8,10-13,15-16H,4-6,9,14H2,1-3H3,(H,25,29). The molecular weight excluding hydrogens is 456 g/mol. The SMILES string of the molecule is CCCCCCn1c(SC(C)C(=O)Nc2cc([N+](=O)[O-])ccc2OC)nc2ccccc2c1=O. The number of para-hydroxylation sites is 1. The molecule has 1 aromatic heterocycles. The molecule has 0 aliphatic rings. The number of hydrogen-bond donors (Lipinski definition) is 1. The van der Waals surface area contributed by atoms with Gasteiger partial charge in [-0.05, 0) is 31.5 Å². The van der Waals surface area contributed by atoms with E-state index in [9.17, 15) is 19.7 Å². The van der Waals surface area contributed by atoms with Crippen LogP contribution >= 0.6 is 11.8 Å². The molecule has 1 unspecified atom stereocenters. The van der Waals surface area contributed by atoms with E-state index in [1.165, 1.54) is 37.1 Å². The molecule has 3 aromatic rings. The van der Waals surface area contributed by atoms with Crippen LogP contribution in [-0.2, 0) is 11.3 Å². The van der Waals surface area contributed by atoms with Crippen molar-refractivity contribution in [1.82, 2.24) is 9.55 Å². The molecule has 180 valence electrons. The third kappa shape index (κ3) is 5.93. The van der Waals surface area contributed by atoms with Crippen molar-refractivity contribution in [3.05, 3.63) is 62.9 Å². The monoisotopic (exact) mass is 484 g/mol. The van der Waals surface area contributed by atoms with E-state index in [0.29, 0.717) is 28.4 Å². The van der Waals surface area contributed by atoms with Gasteiger partial charge in [0.15, 0.2) is 5.16 Å². The highest BCUT2D eigenvalue weighted by atomic mass is 32.2. The first kappa shape index (κ1) is 25.2. The first-order chi connectivity index (χ1) is 16.3. The summed E-state index contributed by atoms with van der Waals surface area (Å²) >= 11 is 1.18. The number of thioether (sulfide) groups is 1. The van der Waals surface area contributed by atoms with Crippen LogP contribution in [-0.4, -0.2) is 32.7 Å². The van der Waals surface area contributed by atoms with Crippen molar-refractivity contribution in [2.24, 2.45) is 0 Å². The highest BCUT2D eigenvalue weighted by Gasteiger charge is 2.21. The number of amides is 1. The number of rotatable bonds is 11. The molecule has 9 nitrogen and oxygen atoms in total. The minimum atomic E-state index is -0.626. The van der Waals surface area contributed by atoms with Gasteiger partial charge in [0.2, 0.25) is 5.91 Å². The Kier molecular flexibility index (Phi) is 8.64. The van der Waals surface area contributed by atoms with Crippen molar-refractivity contribution >= 4 is 39.9 Å². The molecule has 0 fully saturated rings. The number of ether oxygens (including phenoxy) is 1. The number of nitrogens with zero attached hydrogens (tertiary/aromatic N) is 3. The number of nitro benzene ring substituents is 1. The van der Waals surface area contributed by atoms with E-state index in [-0.39, 0.29) is 22.8 Å². The summed E-state index contributed by atoms with van der Waals surface area (Å²) in [7, 11) is 1.42. The average Bonchev–Trinajstić information content (AvgIpc) is 2.83. The molecule has 0 aliphatic heterocycles. The van der Waals surface area contributed by atoms with Gasteiger partial charge >= 0.3 is 0 Å². The van der Waals surface area contributed by atoms with E-state index in [1.807, 2.05) is 12.1 Å². The van der Waals surface area contributed by atoms with Crippen molar-refractivity contribution < 1.29 is 14.5 Å². The molecule has 3 rings (SSSR count). The second-order valence-corrected chi connectivity index (χ2v) is 9.13. The fourth-order valence-electron chi connectivity index (χ4n) is 3.48. The van der Waals surface area contributed by atoms with Crippen LogP contribution in [0.15, 0.2) is 52.4 Å². The molecule has 0 aliphatic carbocycles. The zero-order valence-corrected chi connectivity index (χ0v) is 20.3. The number of nitro groups is 1. The molecule has 0 saturated heterocycles. The summed E-state index contributed by atoms with van der Waals surface area (Å²) < 4.78 is 6.86. The highest BCUT2D eigenvalue weighted by molar-refractivity contribution is 8.00. The van der Waals surface area contributed by atoms with Gasteiger partial charge in [-0.15, -0.1) is 0 Å². The summed E-state index contributed by atoms with van der Waals surface area (Å²) in [4.78, 5) is 41.4. The molecular formula is C24H28N4O5S. The first-order valence-corrected chi connectivity index (χ1v) is 12.0. The van der Waals surface area contributed by atoms with E-state index in [0.717, 1.165) is 25.7 Å². The fraction of sp³-hybridized carbons (Fsp3) is 0.375. The second-order valence-electron chi connectivity index (χ2n) is 7.82. The van der Waals surface area contributed by atoms with Crippen molar-refractivity contribution in [2.75, 3.05) is 12.4 Å². The van der Waals surface area contributed by atoms with Crippen molar-refractivity contribution in [1.29, 1.82) is 0 Å². The third-order valence-electron chi connectivity index (χ3n) is 5.37. The zero-order chi connectivity index (χ0) is 24.7. The highest BCUT2D eigenvalue weighted by Crippen LogP contribution is 2.30. The number of carbonyl (C=O) groups is 1. The smallest absolute Gasteiger partial charge is 0.271 e. The molecule has 1 N–H and O–H groups in total. The molecule has 0 radical (unpaired) electrons. The largest absolute Gasteiger partial charge is 0.495 e. The van der Waals surface area contributed by atoms with Crippen molar-refractivity contribution in [3.63, 3.8) is 0 Å².